The van der Waals surface area contributed by atoms with E-state index in [0.717, 1.165) is 18.6 Å². The Kier molecular flexibility index (Phi) is 4.13. The number of hydrogen-bond acceptors (Lipinski definition) is 3. The molecule has 0 aliphatic heterocycles. The fraction of sp³-hybridized carbons (Fsp3) is 0.412. The van der Waals surface area contributed by atoms with Gasteiger partial charge in [0.2, 0.25) is 0 Å². The van der Waals surface area contributed by atoms with Crippen molar-refractivity contribution in [2.45, 2.75) is 32.7 Å². The molecule has 0 radical (unpaired) electrons. The highest BCUT2D eigenvalue weighted by Gasteiger charge is 2.19. The Morgan fingerprint density at radius 3 is 2.41 bits per heavy atom. The topological polar surface area (TPSA) is 53.2 Å². The monoisotopic (exact) mass is 300 g/mol. The maximum Gasteiger partial charge on any atom is 0.320 e. The Hall–Kier alpha value is -2.30. The molecule has 0 N–H and O–H groups in total. The molecule has 1 aromatic carbocycles. The summed E-state index contributed by atoms with van der Waals surface area (Å²) in [6.07, 6.45) is 6.89. The third-order valence-electron chi connectivity index (χ3n) is 4.16. The molecule has 5 nitrogen and oxygen atoms in total. The second-order valence-electron chi connectivity index (χ2n) is 5.65. The van der Waals surface area contributed by atoms with Crippen LogP contribution in [0.5, 0.6) is 5.75 Å². The molecule has 0 bridgehead atoms. The van der Waals surface area contributed by atoms with Gasteiger partial charge in [-0.2, -0.15) is 0 Å². The van der Waals surface area contributed by atoms with Crippen LogP contribution in [-0.2, 0) is 6.54 Å². The molecule has 116 valence electrons. The number of hydrogen-bond donors (Lipinski definition) is 0. The van der Waals surface area contributed by atoms with Crippen LogP contribution in [0.2, 0.25) is 0 Å². The van der Waals surface area contributed by atoms with Gasteiger partial charge in [-0.1, -0.05) is 6.42 Å². The normalized spacial score (nSPS) is 14.6. The summed E-state index contributed by atoms with van der Waals surface area (Å²) in [5, 5.41) is 0. The lowest BCUT2D eigenvalue weighted by molar-refractivity contribution is 0.272. The molecular formula is C17H20N2O3. The van der Waals surface area contributed by atoms with Gasteiger partial charge in [-0.25, -0.2) is 0 Å². The minimum Gasteiger partial charge on any atom is -0.494 e. The summed E-state index contributed by atoms with van der Waals surface area (Å²) in [7, 11) is 0. The van der Waals surface area contributed by atoms with Crippen molar-refractivity contribution in [2.24, 2.45) is 5.92 Å². The van der Waals surface area contributed by atoms with Gasteiger partial charge in [0.05, 0.1) is 6.61 Å². The Morgan fingerprint density at radius 2 is 1.82 bits per heavy atom. The van der Waals surface area contributed by atoms with E-state index in [1.165, 1.54) is 15.6 Å². The highest BCUT2D eigenvalue weighted by Crippen LogP contribution is 2.27. The van der Waals surface area contributed by atoms with E-state index in [9.17, 15) is 9.59 Å². The van der Waals surface area contributed by atoms with Gasteiger partial charge in [-0.05, 0) is 49.9 Å². The van der Waals surface area contributed by atoms with E-state index in [-0.39, 0.29) is 0 Å². The highest BCUT2D eigenvalue weighted by molar-refractivity contribution is 5.37. The Labute approximate surface area is 128 Å². The highest BCUT2D eigenvalue weighted by atomic mass is 16.5. The largest absolute Gasteiger partial charge is 0.494 e. The SMILES string of the molecule is CCOc1ccc(-n2ccn(CC3CCC3)c(=O)c2=O)cc1. The summed E-state index contributed by atoms with van der Waals surface area (Å²) in [5.41, 5.74) is -0.296. The lowest BCUT2D eigenvalue weighted by Gasteiger charge is -2.25. The number of rotatable bonds is 5. The van der Waals surface area contributed by atoms with Gasteiger partial charge < -0.3 is 9.30 Å². The van der Waals surface area contributed by atoms with Crippen LogP contribution in [-0.4, -0.2) is 15.7 Å². The second-order valence-corrected chi connectivity index (χ2v) is 5.65. The van der Waals surface area contributed by atoms with Crippen LogP contribution in [0.4, 0.5) is 0 Å². The Bertz CT molecular complexity index is 755. The minimum atomic E-state index is -0.508. The van der Waals surface area contributed by atoms with Crippen LogP contribution in [0.25, 0.3) is 5.69 Å². The van der Waals surface area contributed by atoms with Gasteiger partial charge in [-0.3, -0.25) is 14.2 Å². The van der Waals surface area contributed by atoms with E-state index in [4.69, 9.17) is 4.74 Å². The molecule has 1 fully saturated rings. The number of ether oxygens (including phenoxy) is 1. The Balaban J connectivity index is 1.89. The van der Waals surface area contributed by atoms with Crippen molar-refractivity contribution in [2.75, 3.05) is 6.61 Å². The van der Waals surface area contributed by atoms with E-state index in [0.29, 0.717) is 24.8 Å². The van der Waals surface area contributed by atoms with Gasteiger partial charge in [-0.15, -0.1) is 0 Å². The average Bonchev–Trinajstić information content (AvgIpc) is 2.48. The molecule has 1 aliphatic carbocycles. The molecule has 0 unspecified atom stereocenters. The number of nitrogens with zero attached hydrogens (tertiary/aromatic N) is 2. The third kappa shape index (κ3) is 2.84. The Morgan fingerprint density at radius 1 is 1.09 bits per heavy atom. The quantitative estimate of drug-likeness (QED) is 0.795. The maximum absolute atomic E-state index is 12.3. The van der Waals surface area contributed by atoms with Crippen LogP contribution in [0, 0.1) is 5.92 Å². The molecule has 0 spiro atoms. The number of aromatic nitrogens is 2. The van der Waals surface area contributed by atoms with Gasteiger partial charge in [0, 0.05) is 24.6 Å². The third-order valence-corrected chi connectivity index (χ3v) is 4.16. The molecule has 0 atom stereocenters. The first-order chi connectivity index (χ1) is 10.7. The molecule has 0 amide bonds. The first-order valence-electron chi connectivity index (χ1n) is 7.74. The van der Waals surface area contributed by atoms with E-state index in [1.54, 1.807) is 36.7 Å². The summed E-state index contributed by atoms with van der Waals surface area (Å²) in [6, 6.07) is 7.15. The molecule has 1 aromatic heterocycles. The summed E-state index contributed by atoms with van der Waals surface area (Å²) in [6.45, 7) is 3.16. The van der Waals surface area contributed by atoms with E-state index >= 15 is 0 Å². The minimum absolute atomic E-state index is 0.455. The van der Waals surface area contributed by atoms with Crippen LogP contribution in [0.15, 0.2) is 46.2 Å². The van der Waals surface area contributed by atoms with Crippen LogP contribution in [0.1, 0.15) is 26.2 Å². The van der Waals surface area contributed by atoms with Crippen LogP contribution < -0.4 is 15.9 Å². The van der Waals surface area contributed by atoms with Crippen molar-refractivity contribution in [3.05, 3.63) is 57.4 Å². The van der Waals surface area contributed by atoms with Crippen molar-refractivity contribution >= 4 is 0 Å². The van der Waals surface area contributed by atoms with E-state index in [1.807, 2.05) is 6.92 Å². The van der Waals surface area contributed by atoms with Gasteiger partial charge in [0.1, 0.15) is 5.75 Å². The predicted octanol–water partition coefficient (Wildman–Crippen LogP) is 2.20. The van der Waals surface area contributed by atoms with Crippen molar-refractivity contribution in [1.82, 2.24) is 9.13 Å². The molecule has 2 aromatic rings. The lowest BCUT2D eigenvalue weighted by Crippen LogP contribution is -2.41. The fourth-order valence-corrected chi connectivity index (χ4v) is 2.68. The zero-order valence-corrected chi connectivity index (χ0v) is 12.7. The standard InChI is InChI=1S/C17H20N2O3/c1-2-22-15-8-6-14(7-9-15)19-11-10-18(16(20)17(19)21)12-13-4-3-5-13/h6-11,13H,2-5,12H2,1H3. The smallest absolute Gasteiger partial charge is 0.320 e. The van der Waals surface area contributed by atoms with E-state index in [2.05, 4.69) is 0 Å². The van der Waals surface area contributed by atoms with Crippen LogP contribution >= 0.6 is 0 Å². The second kappa shape index (κ2) is 6.22. The summed E-state index contributed by atoms with van der Waals surface area (Å²) < 4.78 is 8.30. The summed E-state index contributed by atoms with van der Waals surface area (Å²) >= 11 is 0. The molecule has 5 heteroatoms. The van der Waals surface area contributed by atoms with Gasteiger partial charge in [0.25, 0.3) is 0 Å². The molecule has 3 rings (SSSR count). The van der Waals surface area contributed by atoms with E-state index < -0.39 is 11.1 Å². The lowest BCUT2D eigenvalue weighted by atomic mass is 9.85. The predicted molar refractivity (Wildman–Crippen MR) is 84.8 cm³/mol. The molecule has 22 heavy (non-hydrogen) atoms. The summed E-state index contributed by atoms with van der Waals surface area (Å²) in [4.78, 5) is 24.5. The van der Waals surface area contributed by atoms with Crippen molar-refractivity contribution in [3.63, 3.8) is 0 Å². The molecule has 0 saturated heterocycles. The maximum atomic E-state index is 12.3. The average molecular weight is 300 g/mol. The van der Waals surface area contributed by atoms with Crippen LogP contribution in [0.3, 0.4) is 0 Å². The van der Waals surface area contributed by atoms with Crippen molar-refractivity contribution in [1.29, 1.82) is 0 Å². The van der Waals surface area contributed by atoms with Crippen molar-refractivity contribution in [3.8, 4) is 11.4 Å². The molecule has 1 aliphatic rings. The zero-order chi connectivity index (χ0) is 15.5. The fourth-order valence-electron chi connectivity index (χ4n) is 2.68. The molecule has 1 saturated carbocycles. The molecule has 1 heterocycles. The zero-order valence-electron chi connectivity index (χ0n) is 12.7. The first kappa shape index (κ1) is 14.6. The molecular weight excluding hydrogens is 280 g/mol. The van der Waals surface area contributed by atoms with Gasteiger partial charge in [0.15, 0.2) is 0 Å². The van der Waals surface area contributed by atoms with Gasteiger partial charge >= 0.3 is 11.1 Å². The summed E-state index contributed by atoms with van der Waals surface area (Å²) in [5.74, 6) is 1.29. The first-order valence-corrected chi connectivity index (χ1v) is 7.74. The van der Waals surface area contributed by atoms with Crippen molar-refractivity contribution < 1.29 is 4.74 Å². The number of benzene rings is 1.